The van der Waals surface area contributed by atoms with Gasteiger partial charge in [-0.1, -0.05) is 23.8 Å². The van der Waals surface area contributed by atoms with E-state index < -0.39 is 0 Å². The van der Waals surface area contributed by atoms with E-state index in [1.54, 1.807) is 19.2 Å². The van der Waals surface area contributed by atoms with Crippen molar-refractivity contribution in [2.24, 2.45) is 0 Å². The van der Waals surface area contributed by atoms with Crippen LogP contribution in [-0.4, -0.2) is 13.7 Å². The molecule has 1 atom stereocenters. The lowest BCUT2D eigenvalue weighted by atomic mass is 9.93. The first-order valence-electron chi connectivity index (χ1n) is 7.56. The zero-order valence-corrected chi connectivity index (χ0v) is 13.4. The molecule has 0 aromatic heterocycles. The van der Waals surface area contributed by atoms with Crippen LogP contribution in [-0.2, 0) is 0 Å². The Morgan fingerprint density at radius 2 is 2.04 bits per heavy atom. The summed E-state index contributed by atoms with van der Waals surface area (Å²) >= 11 is 0. The molecular weight excluding hydrogens is 293 g/mol. The Kier molecular flexibility index (Phi) is 5.99. The van der Waals surface area contributed by atoms with E-state index in [1.807, 2.05) is 25.1 Å². The van der Waals surface area contributed by atoms with Gasteiger partial charge in [0.25, 0.3) is 0 Å². The third kappa shape index (κ3) is 4.72. The summed E-state index contributed by atoms with van der Waals surface area (Å²) in [5.74, 6) is 0.669. The number of aryl methyl sites for hydroxylation is 1. The van der Waals surface area contributed by atoms with E-state index >= 15 is 0 Å². The normalized spacial score (nSPS) is 11.6. The molecule has 0 heterocycles. The first-order valence-corrected chi connectivity index (χ1v) is 7.56. The summed E-state index contributed by atoms with van der Waals surface area (Å²) in [4.78, 5) is 0. The van der Waals surface area contributed by atoms with Gasteiger partial charge in [-0.25, -0.2) is 4.39 Å². The van der Waals surface area contributed by atoms with E-state index in [4.69, 9.17) is 9.47 Å². The number of hydrogen-bond donors (Lipinski definition) is 0. The van der Waals surface area contributed by atoms with E-state index in [9.17, 15) is 9.65 Å². The maximum Gasteiger partial charge on any atom is 0.126 e. The van der Waals surface area contributed by atoms with Gasteiger partial charge in [-0.3, -0.25) is 0 Å². The number of ether oxygens (including phenoxy) is 2. The van der Waals surface area contributed by atoms with Gasteiger partial charge in [0.05, 0.1) is 25.7 Å². The van der Waals surface area contributed by atoms with Gasteiger partial charge in [-0.2, -0.15) is 5.26 Å². The highest BCUT2D eigenvalue weighted by Crippen LogP contribution is 2.30. The second kappa shape index (κ2) is 8.19. The predicted molar refractivity (Wildman–Crippen MR) is 87.2 cm³/mol. The number of nitriles is 1. The van der Waals surface area contributed by atoms with E-state index in [-0.39, 0.29) is 11.7 Å². The lowest BCUT2D eigenvalue weighted by molar-refractivity contribution is 0.303. The maximum atomic E-state index is 13.1. The second-order valence-electron chi connectivity index (χ2n) is 5.38. The van der Waals surface area contributed by atoms with Gasteiger partial charge >= 0.3 is 0 Å². The van der Waals surface area contributed by atoms with Gasteiger partial charge in [0.1, 0.15) is 17.3 Å². The highest BCUT2D eigenvalue weighted by molar-refractivity contribution is 5.41. The van der Waals surface area contributed by atoms with Gasteiger partial charge in [-0.15, -0.1) is 0 Å². The minimum absolute atomic E-state index is 0.249. The summed E-state index contributed by atoms with van der Waals surface area (Å²) in [6.45, 7) is 2.43. The standard InChI is InChI=1S/C19H20FNO2/c1-14-8-9-19(22-2)18(11-14)15(13-21)5-4-10-23-17-7-3-6-16(20)12-17/h3,6-9,11-12,15H,4-5,10H2,1-2H3. The van der Waals surface area contributed by atoms with Crippen LogP contribution in [0.5, 0.6) is 11.5 Å². The Morgan fingerprint density at radius 3 is 2.74 bits per heavy atom. The topological polar surface area (TPSA) is 42.2 Å². The van der Waals surface area contributed by atoms with Crippen molar-refractivity contribution in [2.45, 2.75) is 25.7 Å². The Labute approximate surface area is 136 Å². The van der Waals surface area contributed by atoms with Crippen LogP contribution in [0.1, 0.15) is 29.9 Å². The minimum atomic E-state index is -0.318. The molecule has 0 aliphatic rings. The molecule has 0 aliphatic heterocycles. The van der Waals surface area contributed by atoms with Crippen LogP contribution < -0.4 is 9.47 Å². The van der Waals surface area contributed by atoms with Crippen molar-refractivity contribution < 1.29 is 13.9 Å². The van der Waals surface area contributed by atoms with Crippen LogP contribution in [0.4, 0.5) is 4.39 Å². The van der Waals surface area contributed by atoms with Crippen LogP contribution in [0.3, 0.4) is 0 Å². The quantitative estimate of drug-likeness (QED) is 0.701. The van der Waals surface area contributed by atoms with Crippen molar-refractivity contribution in [1.29, 1.82) is 5.26 Å². The second-order valence-corrected chi connectivity index (χ2v) is 5.38. The molecule has 0 bridgehead atoms. The molecular formula is C19H20FNO2. The molecule has 2 aromatic carbocycles. The summed E-state index contributed by atoms with van der Waals surface area (Å²) in [5.41, 5.74) is 2.00. The molecule has 0 saturated heterocycles. The third-order valence-corrected chi connectivity index (χ3v) is 3.62. The molecule has 0 amide bonds. The highest BCUT2D eigenvalue weighted by atomic mass is 19.1. The Bertz CT molecular complexity index is 694. The molecule has 0 saturated carbocycles. The van der Waals surface area contributed by atoms with Gasteiger partial charge < -0.3 is 9.47 Å². The monoisotopic (exact) mass is 313 g/mol. The molecule has 1 unspecified atom stereocenters. The lowest BCUT2D eigenvalue weighted by Crippen LogP contribution is -2.04. The average molecular weight is 313 g/mol. The van der Waals surface area contributed by atoms with Gasteiger partial charge in [0.15, 0.2) is 0 Å². The van der Waals surface area contributed by atoms with Crippen LogP contribution in [0.25, 0.3) is 0 Å². The molecule has 0 fully saturated rings. The number of methoxy groups -OCH3 is 1. The molecule has 0 radical (unpaired) electrons. The van der Waals surface area contributed by atoms with Crippen LogP contribution >= 0.6 is 0 Å². The molecule has 0 aliphatic carbocycles. The third-order valence-electron chi connectivity index (χ3n) is 3.62. The fourth-order valence-electron chi connectivity index (χ4n) is 2.45. The van der Waals surface area contributed by atoms with Crippen molar-refractivity contribution in [1.82, 2.24) is 0 Å². The Hall–Kier alpha value is -2.54. The van der Waals surface area contributed by atoms with Crippen LogP contribution in [0, 0.1) is 24.1 Å². The van der Waals surface area contributed by atoms with Crippen molar-refractivity contribution in [3.05, 3.63) is 59.4 Å². The first-order chi connectivity index (χ1) is 11.1. The lowest BCUT2D eigenvalue weighted by Gasteiger charge is -2.14. The average Bonchev–Trinajstić information content (AvgIpc) is 2.55. The Balaban J connectivity index is 1.93. The first kappa shape index (κ1) is 16.8. The van der Waals surface area contributed by atoms with Crippen molar-refractivity contribution in [3.8, 4) is 17.6 Å². The molecule has 2 rings (SSSR count). The summed E-state index contributed by atoms with van der Waals surface area (Å²) in [5, 5.41) is 9.45. The number of rotatable bonds is 7. The molecule has 0 spiro atoms. The summed E-state index contributed by atoms with van der Waals surface area (Å²) in [7, 11) is 1.61. The maximum absolute atomic E-state index is 13.1. The molecule has 4 heteroatoms. The zero-order valence-electron chi connectivity index (χ0n) is 13.4. The van der Waals surface area contributed by atoms with Crippen LogP contribution in [0.15, 0.2) is 42.5 Å². The minimum Gasteiger partial charge on any atom is -0.496 e. The van der Waals surface area contributed by atoms with E-state index in [0.29, 0.717) is 25.2 Å². The molecule has 3 nitrogen and oxygen atoms in total. The smallest absolute Gasteiger partial charge is 0.126 e. The fourth-order valence-corrected chi connectivity index (χ4v) is 2.45. The molecule has 23 heavy (non-hydrogen) atoms. The predicted octanol–water partition coefficient (Wildman–Crippen LogP) is 4.61. The SMILES string of the molecule is COc1ccc(C)cc1C(C#N)CCCOc1cccc(F)c1. The number of hydrogen-bond acceptors (Lipinski definition) is 3. The van der Waals surface area contributed by atoms with Gasteiger partial charge in [-0.05, 0) is 38.0 Å². The van der Waals surface area contributed by atoms with Crippen molar-refractivity contribution in [3.63, 3.8) is 0 Å². The largest absolute Gasteiger partial charge is 0.496 e. The van der Waals surface area contributed by atoms with Crippen molar-refractivity contribution >= 4 is 0 Å². The molecule has 2 aromatic rings. The summed E-state index contributed by atoms with van der Waals surface area (Å²) < 4.78 is 23.9. The van der Waals surface area contributed by atoms with E-state index in [2.05, 4.69) is 6.07 Å². The van der Waals surface area contributed by atoms with Crippen molar-refractivity contribution in [2.75, 3.05) is 13.7 Å². The fraction of sp³-hybridized carbons (Fsp3) is 0.316. The number of nitrogens with zero attached hydrogens (tertiary/aromatic N) is 1. The number of halogens is 1. The van der Waals surface area contributed by atoms with Gasteiger partial charge in [0.2, 0.25) is 0 Å². The Morgan fingerprint density at radius 1 is 1.22 bits per heavy atom. The molecule has 0 N–H and O–H groups in total. The summed E-state index contributed by atoms with van der Waals surface area (Å²) in [6.07, 6.45) is 1.36. The van der Waals surface area contributed by atoms with Gasteiger partial charge in [0, 0.05) is 11.6 Å². The number of benzene rings is 2. The van der Waals surface area contributed by atoms with Crippen LogP contribution in [0.2, 0.25) is 0 Å². The zero-order chi connectivity index (χ0) is 16.7. The summed E-state index contributed by atoms with van der Waals surface area (Å²) in [6, 6.07) is 14.2. The highest BCUT2D eigenvalue weighted by Gasteiger charge is 2.15. The van der Waals surface area contributed by atoms with E-state index in [0.717, 1.165) is 16.9 Å². The van der Waals surface area contributed by atoms with E-state index in [1.165, 1.54) is 12.1 Å². The molecule has 120 valence electrons.